The molecule has 0 amide bonds. The van der Waals surface area contributed by atoms with Crippen LogP contribution in [-0.4, -0.2) is 24.3 Å². The Kier molecular flexibility index (Phi) is 2.81. The fourth-order valence-electron chi connectivity index (χ4n) is 2.56. The van der Waals surface area contributed by atoms with Crippen molar-refractivity contribution in [1.29, 1.82) is 0 Å². The first-order valence-electron chi connectivity index (χ1n) is 6.17. The molecule has 2 aromatic heterocycles. The van der Waals surface area contributed by atoms with E-state index in [4.69, 9.17) is 0 Å². The zero-order chi connectivity index (χ0) is 14.6. The summed E-state index contributed by atoms with van der Waals surface area (Å²) in [6.45, 7) is 0.222. The van der Waals surface area contributed by atoms with E-state index in [1.165, 1.54) is 12.7 Å². The molecule has 5 nitrogen and oxygen atoms in total. The largest absolute Gasteiger partial charge is 0.300 e. The number of imidazole rings is 1. The second-order valence-corrected chi connectivity index (χ2v) is 5.90. The van der Waals surface area contributed by atoms with Gasteiger partial charge in [0.15, 0.2) is 5.82 Å². The van der Waals surface area contributed by atoms with Crippen LogP contribution in [0.15, 0.2) is 30.9 Å². The van der Waals surface area contributed by atoms with Crippen molar-refractivity contribution in [3.8, 4) is 17.1 Å². The van der Waals surface area contributed by atoms with E-state index in [1.807, 2.05) is 18.2 Å². The highest BCUT2D eigenvalue weighted by Crippen LogP contribution is 2.34. The lowest BCUT2D eigenvalue weighted by molar-refractivity contribution is 0.145. The SMILES string of the molecule is FC(F)c1ncn2c1Cn1ncnc1-c1cc(I)ccc1-2. The summed E-state index contributed by atoms with van der Waals surface area (Å²) in [6, 6.07) is 5.78. The molecule has 1 aliphatic rings. The molecule has 0 saturated carbocycles. The third kappa shape index (κ3) is 1.88. The predicted octanol–water partition coefficient (Wildman–Crippen LogP) is 3.03. The molecular weight excluding hydrogens is 391 g/mol. The molecule has 0 radical (unpaired) electrons. The third-order valence-electron chi connectivity index (χ3n) is 3.48. The Hall–Kier alpha value is -1.84. The number of hydrogen-bond donors (Lipinski definition) is 0. The zero-order valence-electron chi connectivity index (χ0n) is 10.5. The number of fused-ring (bicyclic) bond motifs is 5. The molecule has 0 spiro atoms. The summed E-state index contributed by atoms with van der Waals surface area (Å²) in [5.74, 6) is 0.674. The summed E-state index contributed by atoms with van der Waals surface area (Å²) in [6.07, 6.45) is 0.265. The average molecular weight is 399 g/mol. The molecule has 0 unspecified atom stereocenters. The van der Waals surface area contributed by atoms with Crippen LogP contribution in [0.2, 0.25) is 0 Å². The molecule has 0 fully saturated rings. The van der Waals surface area contributed by atoms with Crippen LogP contribution in [0, 0.1) is 3.57 Å². The van der Waals surface area contributed by atoms with Gasteiger partial charge in [-0.25, -0.2) is 23.4 Å². The Labute approximate surface area is 131 Å². The standard InChI is InChI=1S/C13H8F2IN5/c14-12(15)11-10-4-21-13(17-5-19-21)8-3-7(16)1-2-9(8)20(10)6-18-11/h1-3,5-6,12H,4H2. The van der Waals surface area contributed by atoms with Gasteiger partial charge in [0.1, 0.15) is 18.3 Å². The van der Waals surface area contributed by atoms with Crippen molar-refractivity contribution in [3.63, 3.8) is 0 Å². The zero-order valence-corrected chi connectivity index (χ0v) is 12.7. The Morgan fingerprint density at radius 1 is 1.24 bits per heavy atom. The van der Waals surface area contributed by atoms with Crippen LogP contribution in [0.1, 0.15) is 17.8 Å². The number of rotatable bonds is 1. The van der Waals surface area contributed by atoms with Gasteiger partial charge in [-0.05, 0) is 40.8 Å². The van der Waals surface area contributed by atoms with Gasteiger partial charge >= 0.3 is 0 Å². The highest BCUT2D eigenvalue weighted by molar-refractivity contribution is 14.1. The van der Waals surface area contributed by atoms with Crippen LogP contribution in [0.25, 0.3) is 17.1 Å². The lowest BCUT2D eigenvalue weighted by Crippen LogP contribution is -2.07. The van der Waals surface area contributed by atoms with Gasteiger partial charge in [0.05, 0.1) is 17.9 Å². The topological polar surface area (TPSA) is 48.5 Å². The van der Waals surface area contributed by atoms with Crippen LogP contribution < -0.4 is 0 Å². The summed E-state index contributed by atoms with van der Waals surface area (Å²) >= 11 is 2.21. The molecule has 0 atom stereocenters. The molecule has 1 aliphatic heterocycles. The minimum atomic E-state index is -2.61. The van der Waals surface area contributed by atoms with Crippen molar-refractivity contribution in [2.45, 2.75) is 13.0 Å². The quantitative estimate of drug-likeness (QED) is 0.463. The van der Waals surface area contributed by atoms with E-state index in [0.29, 0.717) is 11.5 Å². The number of alkyl halides is 2. The number of hydrogen-bond acceptors (Lipinski definition) is 3. The molecule has 8 heteroatoms. The molecule has 3 aromatic rings. The van der Waals surface area contributed by atoms with Gasteiger partial charge in [0.25, 0.3) is 6.43 Å². The van der Waals surface area contributed by atoms with Gasteiger partial charge in [-0.1, -0.05) is 0 Å². The number of nitrogens with zero attached hydrogens (tertiary/aromatic N) is 5. The van der Waals surface area contributed by atoms with E-state index in [0.717, 1.165) is 14.8 Å². The van der Waals surface area contributed by atoms with Crippen molar-refractivity contribution >= 4 is 22.6 Å². The predicted molar refractivity (Wildman–Crippen MR) is 79.4 cm³/mol. The van der Waals surface area contributed by atoms with Gasteiger partial charge in [-0.3, -0.25) is 0 Å². The number of aromatic nitrogens is 5. The molecule has 1 aromatic carbocycles. The Bertz CT molecular complexity index is 839. The van der Waals surface area contributed by atoms with Gasteiger partial charge in [-0.15, -0.1) is 0 Å². The lowest BCUT2D eigenvalue weighted by atomic mass is 10.1. The summed E-state index contributed by atoms with van der Waals surface area (Å²) in [4.78, 5) is 8.13. The van der Waals surface area contributed by atoms with Crippen LogP contribution in [-0.2, 0) is 6.54 Å². The fraction of sp³-hybridized carbons (Fsp3) is 0.154. The molecule has 0 saturated heterocycles. The van der Waals surface area contributed by atoms with Crippen LogP contribution in [0.4, 0.5) is 8.78 Å². The van der Waals surface area contributed by atoms with Gasteiger partial charge in [-0.2, -0.15) is 5.10 Å². The van der Waals surface area contributed by atoms with Crippen molar-refractivity contribution in [2.24, 2.45) is 0 Å². The normalized spacial score (nSPS) is 12.8. The maximum atomic E-state index is 13.1. The number of halogens is 3. The van der Waals surface area contributed by atoms with E-state index in [2.05, 4.69) is 37.7 Å². The second-order valence-electron chi connectivity index (χ2n) is 4.65. The first kappa shape index (κ1) is 12.9. The molecule has 4 rings (SSSR count). The molecule has 3 heterocycles. The van der Waals surface area contributed by atoms with Crippen LogP contribution >= 0.6 is 22.6 Å². The van der Waals surface area contributed by atoms with Gasteiger partial charge < -0.3 is 4.57 Å². The van der Waals surface area contributed by atoms with Crippen molar-refractivity contribution < 1.29 is 8.78 Å². The molecular formula is C13H8F2IN5. The third-order valence-corrected chi connectivity index (χ3v) is 4.15. The first-order chi connectivity index (χ1) is 10.1. The fourth-order valence-corrected chi connectivity index (χ4v) is 3.05. The van der Waals surface area contributed by atoms with E-state index in [-0.39, 0.29) is 12.2 Å². The summed E-state index contributed by atoms with van der Waals surface area (Å²) < 4.78 is 30.6. The Morgan fingerprint density at radius 2 is 2.10 bits per heavy atom. The smallest absolute Gasteiger partial charge is 0.282 e. The molecule has 0 aliphatic carbocycles. The highest BCUT2D eigenvalue weighted by atomic mass is 127. The number of benzene rings is 1. The van der Waals surface area contributed by atoms with E-state index in [1.54, 1.807) is 9.25 Å². The van der Waals surface area contributed by atoms with Crippen LogP contribution in [0.5, 0.6) is 0 Å². The summed E-state index contributed by atoms with van der Waals surface area (Å²) in [5, 5.41) is 4.14. The highest BCUT2D eigenvalue weighted by Gasteiger charge is 2.26. The average Bonchev–Trinajstić information content (AvgIpc) is 3.04. The molecule has 21 heavy (non-hydrogen) atoms. The van der Waals surface area contributed by atoms with E-state index >= 15 is 0 Å². The maximum absolute atomic E-state index is 13.1. The van der Waals surface area contributed by atoms with Gasteiger partial charge in [0, 0.05) is 9.13 Å². The minimum Gasteiger partial charge on any atom is -0.300 e. The van der Waals surface area contributed by atoms with Crippen molar-refractivity contribution in [2.75, 3.05) is 0 Å². The van der Waals surface area contributed by atoms with E-state index < -0.39 is 6.43 Å². The van der Waals surface area contributed by atoms with Crippen LogP contribution in [0.3, 0.4) is 0 Å². The van der Waals surface area contributed by atoms with E-state index in [9.17, 15) is 8.78 Å². The van der Waals surface area contributed by atoms with Crippen molar-refractivity contribution in [1.82, 2.24) is 24.3 Å². The second kappa shape index (κ2) is 4.58. The molecule has 106 valence electrons. The maximum Gasteiger partial charge on any atom is 0.282 e. The molecule has 0 bridgehead atoms. The minimum absolute atomic E-state index is 0.206. The lowest BCUT2D eigenvalue weighted by Gasteiger charge is -2.09. The Balaban J connectivity index is 2.07. The molecule has 0 N–H and O–H groups in total. The van der Waals surface area contributed by atoms with Gasteiger partial charge in [0.2, 0.25) is 0 Å². The first-order valence-corrected chi connectivity index (χ1v) is 7.25. The summed E-state index contributed by atoms with van der Waals surface area (Å²) in [5.41, 5.74) is 1.88. The monoisotopic (exact) mass is 399 g/mol. The summed E-state index contributed by atoms with van der Waals surface area (Å²) in [7, 11) is 0. The Morgan fingerprint density at radius 3 is 2.90 bits per heavy atom. The van der Waals surface area contributed by atoms with Crippen molar-refractivity contribution in [3.05, 3.63) is 45.8 Å².